The molecule has 0 aromatic rings. The molecule has 0 bridgehead atoms. The Balaban J connectivity index is 2.13. The molecule has 4 nitrogen and oxygen atoms in total. The summed E-state index contributed by atoms with van der Waals surface area (Å²) in [5.41, 5.74) is 0.829. The van der Waals surface area contributed by atoms with Gasteiger partial charge in [0.2, 0.25) is 0 Å². The number of rotatable bonds is 7. The van der Waals surface area contributed by atoms with Crippen molar-refractivity contribution in [3.8, 4) is 0 Å². The molecular weight excluding hydrogens is 356 g/mol. The third kappa shape index (κ3) is 5.45. The van der Waals surface area contributed by atoms with E-state index in [1.54, 1.807) is 12.2 Å². The standard InChI is InChI=1S/C22H32N2O2S/c1-6-11-18(12-7-2)15-19-20(25)24(21(26)27-19)17(3)16-22(4,5)23-13-9-8-10-14-23/h6-7,11-12,15,17H,1,8-10,13-14,16H2,2-5H3/b12-7-,18-11+,19-15+. The number of amides is 2. The van der Waals surface area contributed by atoms with Gasteiger partial charge in [0.05, 0.1) is 4.91 Å². The average molecular weight is 389 g/mol. The summed E-state index contributed by atoms with van der Waals surface area (Å²) in [6.07, 6.45) is 13.6. The van der Waals surface area contributed by atoms with Gasteiger partial charge in [0, 0.05) is 11.6 Å². The Labute approximate surface area is 168 Å². The maximum absolute atomic E-state index is 12.9. The van der Waals surface area contributed by atoms with Crippen LogP contribution in [0.25, 0.3) is 0 Å². The molecule has 0 spiro atoms. The predicted octanol–water partition coefficient (Wildman–Crippen LogP) is 5.30. The van der Waals surface area contributed by atoms with Gasteiger partial charge in [0.25, 0.3) is 11.1 Å². The zero-order chi connectivity index (χ0) is 20.0. The summed E-state index contributed by atoms with van der Waals surface area (Å²) in [6.45, 7) is 14.2. The number of imide groups is 1. The van der Waals surface area contributed by atoms with Crippen molar-refractivity contribution in [2.24, 2.45) is 0 Å². The maximum atomic E-state index is 12.9. The molecule has 2 fully saturated rings. The van der Waals surface area contributed by atoms with Crippen molar-refractivity contribution in [2.75, 3.05) is 13.1 Å². The molecule has 2 aliphatic heterocycles. The predicted molar refractivity (Wildman–Crippen MR) is 115 cm³/mol. The average Bonchev–Trinajstić information content (AvgIpc) is 2.89. The van der Waals surface area contributed by atoms with Crippen LogP contribution in [0, 0.1) is 0 Å². The molecule has 2 rings (SSSR count). The second kappa shape index (κ2) is 9.56. The number of piperidine rings is 1. The van der Waals surface area contributed by atoms with Crippen LogP contribution in [0.5, 0.6) is 0 Å². The van der Waals surface area contributed by atoms with E-state index in [1.807, 2.05) is 32.1 Å². The highest BCUT2D eigenvalue weighted by Gasteiger charge is 2.41. The molecule has 0 radical (unpaired) electrons. The molecule has 148 valence electrons. The minimum absolute atomic E-state index is 0.0314. The second-order valence-electron chi connectivity index (χ2n) is 7.87. The number of allylic oxidation sites excluding steroid dienone is 6. The Morgan fingerprint density at radius 2 is 1.93 bits per heavy atom. The lowest BCUT2D eigenvalue weighted by Gasteiger charge is -2.43. The van der Waals surface area contributed by atoms with E-state index in [9.17, 15) is 9.59 Å². The van der Waals surface area contributed by atoms with E-state index in [4.69, 9.17) is 0 Å². The highest BCUT2D eigenvalue weighted by Crippen LogP contribution is 2.36. The minimum atomic E-state index is -0.189. The van der Waals surface area contributed by atoms with Crippen molar-refractivity contribution >= 4 is 22.9 Å². The molecule has 0 aromatic heterocycles. The molecule has 0 saturated carbocycles. The van der Waals surface area contributed by atoms with Gasteiger partial charge in [-0.1, -0.05) is 37.3 Å². The van der Waals surface area contributed by atoms with E-state index in [0.29, 0.717) is 4.91 Å². The number of thioether (sulfide) groups is 1. The lowest BCUT2D eigenvalue weighted by Crippen LogP contribution is -2.51. The first kappa shape index (κ1) is 21.7. The van der Waals surface area contributed by atoms with E-state index in [1.165, 1.54) is 24.2 Å². The monoisotopic (exact) mass is 388 g/mol. The third-order valence-electron chi connectivity index (χ3n) is 5.24. The fraction of sp³-hybridized carbons (Fsp3) is 0.545. The van der Waals surface area contributed by atoms with Crippen LogP contribution in [-0.4, -0.2) is 45.6 Å². The van der Waals surface area contributed by atoms with E-state index in [-0.39, 0.29) is 22.7 Å². The lowest BCUT2D eigenvalue weighted by atomic mass is 9.91. The zero-order valence-corrected chi connectivity index (χ0v) is 17.8. The van der Waals surface area contributed by atoms with Crippen molar-refractivity contribution < 1.29 is 9.59 Å². The Morgan fingerprint density at radius 1 is 1.26 bits per heavy atom. The number of carbonyl (C=O) groups excluding carboxylic acids is 2. The minimum Gasteiger partial charge on any atom is -0.298 e. The van der Waals surface area contributed by atoms with Crippen molar-refractivity contribution in [1.82, 2.24) is 9.80 Å². The first-order valence-corrected chi connectivity index (χ1v) is 10.6. The molecule has 5 heteroatoms. The molecule has 2 amide bonds. The molecule has 0 aliphatic carbocycles. The Morgan fingerprint density at radius 3 is 2.52 bits per heavy atom. The van der Waals surface area contributed by atoms with E-state index in [2.05, 4.69) is 25.3 Å². The number of hydrogen-bond donors (Lipinski definition) is 0. The smallest absolute Gasteiger partial charge is 0.293 e. The summed E-state index contributed by atoms with van der Waals surface area (Å²) < 4.78 is 0. The van der Waals surface area contributed by atoms with Crippen molar-refractivity contribution in [3.63, 3.8) is 0 Å². The summed E-state index contributed by atoms with van der Waals surface area (Å²) in [7, 11) is 0. The molecule has 1 atom stereocenters. The Hall–Kier alpha value is -1.59. The van der Waals surface area contributed by atoms with Crippen LogP contribution in [0.3, 0.4) is 0 Å². The molecule has 0 N–H and O–H groups in total. The second-order valence-corrected chi connectivity index (χ2v) is 8.86. The van der Waals surface area contributed by atoms with Gasteiger partial charge in [0.1, 0.15) is 0 Å². The highest BCUT2D eigenvalue weighted by atomic mass is 32.2. The van der Waals surface area contributed by atoms with Crippen LogP contribution in [0.2, 0.25) is 0 Å². The fourth-order valence-corrected chi connectivity index (χ4v) is 4.86. The van der Waals surface area contributed by atoms with Crippen molar-refractivity contribution in [3.05, 3.63) is 47.4 Å². The van der Waals surface area contributed by atoms with Crippen LogP contribution in [0.1, 0.15) is 53.4 Å². The lowest BCUT2D eigenvalue weighted by molar-refractivity contribution is -0.124. The van der Waals surface area contributed by atoms with Gasteiger partial charge in [-0.05, 0) is 83.5 Å². The number of nitrogens with zero attached hydrogens (tertiary/aromatic N) is 2. The molecule has 1 unspecified atom stereocenters. The first-order valence-electron chi connectivity index (χ1n) is 9.77. The summed E-state index contributed by atoms with van der Waals surface area (Å²) in [5, 5.41) is -0.174. The van der Waals surface area contributed by atoms with Crippen LogP contribution < -0.4 is 0 Å². The molecule has 27 heavy (non-hydrogen) atoms. The summed E-state index contributed by atoms with van der Waals surface area (Å²) in [6, 6.07) is -0.131. The number of likely N-dealkylation sites (tertiary alicyclic amines) is 1. The molecule has 2 aliphatic rings. The van der Waals surface area contributed by atoms with E-state index < -0.39 is 0 Å². The molecule has 0 aromatic carbocycles. The Bertz CT molecular complexity index is 670. The Kier molecular flexibility index (Phi) is 7.68. The van der Waals surface area contributed by atoms with E-state index >= 15 is 0 Å². The normalized spacial score (nSPS) is 22.9. The largest absolute Gasteiger partial charge is 0.298 e. The van der Waals surface area contributed by atoms with E-state index in [0.717, 1.165) is 36.8 Å². The molecule has 2 saturated heterocycles. The fourth-order valence-electron chi connectivity index (χ4n) is 3.93. The van der Waals surface area contributed by atoms with Gasteiger partial charge in [-0.25, -0.2) is 0 Å². The first-order chi connectivity index (χ1) is 12.8. The zero-order valence-electron chi connectivity index (χ0n) is 17.0. The van der Waals surface area contributed by atoms with Gasteiger partial charge in [0.15, 0.2) is 0 Å². The number of hydrogen-bond acceptors (Lipinski definition) is 4. The van der Waals surface area contributed by atoms with Crippen LogP contribution in [-0.2, 0) is 4.79 Å². The van der Waals surface area contributed by atoms with Crippen molar-refractivity contribution in [2.45, 2.75) is 65.0 Å². The molecule has 2 heterocycles. The topological polar surface area (TPSA) is 40.6 Å². The van der Waals surface area contributed by atoms with Gasteiger partial charge < -0.3 is 0 Å². The summed E-state index contributed by atoms with van der Waals surface area (Å²) in [5.74, 6) is -0.189. The third-order valence-corrected chi connectivity index (χ3v) is 6.12. The van der Waals surface area contributed by atoms with Crippen molar-refractivity contribution in [1.29, 1.82) is 0 Å². The summed E-state index contributed by atoms with van der Waals surface area (Å²) >= 11 is 1.03. The maximum Gasteiger partial charge on any atom is 0.293 e. The quantitative estimate of drug-likeness (QED) is 0.438. The summed E-state index contributed by atoms with van der Waals surface area (Å²) in [4.78, 5) is 29.9. The van der Waals surface area contributed by atoms with Gasteiger partial charge in [-0.2, -0.15) is 0 Å². The van der Waals surface area contributed by atoms with Gasteiger partial charge in [-0.15, -0.1) is 0 Å². The van der Waals surface area contributed by atoms with Crippen LogP contribution in [0.4, 0.5) is 4.79 Å². The highest BCUT2D eigenvalue weighted by molar-refractivity contribution is 8.18. The van der Waals surface area contributed by atoms with Crippen LogP contribution in [0.15, 0.2) is 47.4 Å². The van der Waals surface area contributed by atoms with Crippen LogP contribution >= 0.6 is 11.8 Å². The van der Waals surface area contributed by atoms with Gasteiger partial charge >= 0.3 is 0 Å². The van der Waals surface area contributed by atoms with Gasteiger partial charge in [-0.3, -0.25) is 19.4 Å². The molecular formula is C22H32N2O2S. The SMILES string of the molecule is C=C/C=C(\C=C/C)/C=C1/SC(=O)N(C(C)CC(C)(C)N2CCCCC2)C1=O. The number of carbonyl (C=O) groups is 2.